The van der Waals surface area contributed by atoms with Crippen molar-refractivity contribution in [1.82, 2.24) is 5.32 Å². The molecule has 0 aliphatic rings. The van der Waals surface area contributed by atoms with E-state index in [-0.39, 0.29) is 6.54 Å². The van der Waals surface area contributed by atoms with E-state index in [0.717, 1.165) is 5.56 Å². The first-order valence-electron chi connectivity index (χ1n) is 5.44. The molecule has 0 heterocycles. The van der Waals surface area contributed by atoms with E-state index >= 15 is 0 Å². The van der Waals surface area contributed by atoms with Crippen LogP contribution in [0.1, 0.15) is 5.56 Å². The molecule has 1 aromatic carbocycles. The number of hydrogen-bond donors (Lipinski definition) is 1. The summed E-state index contributed by atoms with van der Waals surface area (Å²) in [5, 5.41) is 2.34. The minimum absolute atomic E-state index is 0.238. The van der Waals surface area contributed by atoms with Gasteiger partial charge in [0, 0.05) is 6.07 Å². The van der Waals surface area contributed by atoms with Crippen molar-refractivity contribution in [2.45, 2.75) is 12.6 Å². The first kappa shape index (κ1) is 14.6. The molecule has 0 spiro atoms. The standard InChI is InChI=1S/C12H16F3NO2/c1-17-10-4-3-9(11(7-10)18-2)5-6-16-8-12(13,14)15/h3-4,7,16H,5-6,8H2,1-2H3. The third kappa shape index (κ3) is 4.83. The lowest BCUT2D eigenvalue weighted by molar-refractivity contribution is -0.124. The summed E-state index contributed by atoms with van der Waals surface area (Å²) in [6.07, 6.45) is -3.72. The maximum atomic E-state index is 11.9. The van der Waals surface area contributed by atoms with Gasteiger partial charge in [0.15, 0.2) is 0 Å². The summed E-state index contributed by atoms with van der Waals surface area (Å²) in [6, 6.07) is 5.24. The minimum Gasteiger partial charge on any atom is -0.497 e. The van der Waals surface area contributed by atoms with Crippen LogP contribution in [0.4, 0.5) is 13.2 Å². The lowest BCUT2D eigenvalue weighted by atomic mass is 10.1. The van der Waals surface area contributed by atoms with Crippen LogP contribution in [-0.2, 0) is 6.42 Å². The molecule has 1 aromatic rings. The average Bonchev–Trinajstić information content (AvgIpc) is 2.33. The zero-order chi connectivity index (χ0) is 13.6. The van der Waals surface area contributed by atoms with E-state index in [1.807, 2.05) is 0 Å². The number of halogens is 3. The fraction of sp³-hybridized carbons (Fsp3) is 0.500. The third-order valence-electron chi connectivity index (χ3n) is 2.39. The number of hydrogen-bond acceptors (Lipinski definition) is 3. The van der Waals surface area contributed by atoms with Crippen LogP contribution >= 0.6 is 0 Å². The molecule has 1 rings (SSSR count). The highest BCUT2D eigenvalue weighted by Gasteiger charge is 2.25. The molecule has 6 heteroatoms. The van der Waals surface area contributed by atoms with Crippen LogP contribution < -0.4 is 14.8 Å². The van der Waals surface area contributed by atoms with Gasteiger partial charge in [0.25, 0.3) is 0 Å². The lowest BCUT2D eigenvalue weighted by Crippen LogP contribution is -2.30. The van der Waals surface area contributed by atoms with E-state index in [0.29, 0.717) is 17.9 Å². The SMILES string of the molecule is COc1ccc(CCNCC(F)(F)F)c(OC)c1. The Labute approximate surface area is 104 Å². The summed E-state index contributed by atoms with van der Waals surface area (Å²) in [5.74, 6) is 1.27. The van der Waals surface area contributed by atoms with Crippen molar-refractivity contribution in [3.05, 3.63) is 23.8 Å². The molecule has 0 bridgehead atoms. The van der Waals surface area contributed by atoms with Crippen molar-refractivity contribution in [3.8, 4) is 11.5 Å². The van der Waals surface area contributed by atoms with Crippen molar-refractivity contribution in [1.29, 1.82) is 0 Å². The van der Waals surface area contributed by atoms with Gasteiger partial charge in [-0.15, -0.1) is 0 Å². The molecule has 0 aliphatic carbocycles. The number of methoxy groups -OCH3 is 2. The van der Waals surface area contributed by atoms with Gasteiger partial charge >= 0.3 is 6.18 Å². The van der Waals surface area contributed by atoms with Crippen molar-refractivity contribution in [2.24, 2.45) is 0 Å². The van der Waals surface area contributed by atoms with E-state index < -0.39 is 12.7 Å². The zero-order valence-corrected chi connectivity index (χ0v) is 10.3. The summed E-state index contributed by atoms with van der Waals surface area (Å²) in [5.41, 5.74) is 0.841. The number of ether oxygens (including phenoxy) is 2. The Bertz CT molecular complexity index is 380. The smallest absolute Gasteiger partial charge is 0.401 e. The summed E-state index contributed by atoms with van der Waals surface area (Å²) in [6.45, 7) is -0.742. The molecule has 18 heavy (non-hydrogen) atoms. The van der Waals surface area contributed by atoms with Crippen molar-refractivity contribution < 1.29 is 22.6 Å². The van der Waals surface area contributed by atoms with Gasteiger partial charge in [-0.1, -0.05) is 6.07 Å². The molecule has 0 atom stereocenters. The Kier molecular flexibility index (Phi) is 5.27. The third-order valence-corrected chi connectivity index (χ3v) is 2.39. The van der Waals surface area contributed by atoms with Gasteiger partial charge in [0.05, 0.1) is 20.8 Å². The average molecular weight is 263 g/mol. The van der Waals surface area contributed by atoms with Crippen LogP contribution in [0.15, 0.2) is 18.2 Å². The first-order chi connectivity index (χ1) is 8.46. The monoisotopic (exact) mass is 263 g/mol. The van der Waals surface area contributed by atoms with E-state index in [2.05, 4.69) is 5.32 Å². The molecular formula is C12H16F3NO2. The summed E-state index contributed by atoms with van der Waals surface area (Å²) >= 11 is 0. The Balaban J connectivity index is 2.51. The molecule has 0 fully saturated rings. The fourth-order valence-electron chi connectivity index (χ4n) is 1.51. The van der Waals surface area contributed by atoms with Gasteiger partial charge in [0.2, 0.25) is 0 Å². The fourth-order valence-corrected chi connectivity index (χ4v) is 1.51. The first-order valence-corrected chi connectivity index (χ1v) is 5.44. The van der Waals surface area contributed by atoms with E-state index in [9.17, 15) is 13.2 Å². The summed E-state index contributed by atoms with van der Waals surface area (Å²) in [4.78, 5) is 0. The predicted molar refractivity (Wildman–Crippen MR) is 62.2 cm³/mol. The molecular weight excluding hydrogens is 247 g/mol. The second kappa shape index (κ2) is 6.49. The largest absolute Gasteiger partial charge is 0.497 e. The highest BCUT2D eigenvalue weighted by Crippen LogP contribution is 2.24. The van der Waals surface area contributed by atoms with Gasteiger partial charge in [-0.25, -0.2) is 0 Å². The van der Waals surface area contributed by atoms with Crippen LogP contribution in [0.3, 0.4) is 0 Å². The zero-order valence-electron chi connectivity index (χ0n) is 10.3. The van der Waals surface area contributed by atoms with E-state index in [1.54, 1.807) is 25.3 Å². The normalized spacial score (nSPS) is 11.4. The quantitative estimate of drug-likeness (QED) is 0.799. The molecule has 102 valence electrons. The van der Waals surface area contributed by atoms with Gasteiger partial charge in [-0.3, -0.25) is 0 Å². The maximum absolute atomic E-state index is 11.9. The number of benzene rings is 1. The van der Waals surface area contributed by atoms with Crippen LogP contribution in [0.2, 0.25) is 0 Å². The van der Waals surface area contributed by atoms with Gasteiger partial charge in [0.1, 0.15) is 11.5 Å². The van der Waals surface area contributed by atoms with Crippen LogP contribution in [0, 0.1) is 0 Å². The second-order valence-electron chi connectivity index (χ2n) is 3.72. The van der Waals surface area contributed by atoms with Crippen LogP contribution in [-0.4, -0.2) is 33.5 Å². The second-order valence-corrected chi connectivity index (χ2v) is 3.72. The molecule has 1 N–H and O–H groups in total. The van der Waals surface area contributed by atoms with Crippen molar-refractivity contribution in [3.63, 3.8) is 0 Å². The topological polar surface area (TPSA) is 30.5 Å². The van der Waals surface area contributed by atoms with Gasteiger partial charge in [-0.2, -0.15) is 13.2 Å². The molecule has 0 aliphatic heterocycles. The summed E-state index contributed by atoms with van der Waals surface area (Å²) < 4.78 is 46.0. The Morgan fingerprint density at radius 1 is 1.17 bits per heavy atom. The number of nitrogens with one attached hydrogen (secondary N) is 1. The Morgan fingerprint density at radius 2 is 1.89 bits per heavy atom. The van der Waals surface area contributed by atoms with Crippen molar-refractivity contribution >= 4 is 0 Å². The molecule has 0 saturated carbocycles. The molecule has 0 radical (unpaired) electrons. The molecule has 3 nitrogen and oxygen atoms in total. The lowest BCUT2D eigenvalue weighted by Gasteiger charge is -2.11. The van der Waals surface area contributed by atoms with E-state index in [1.165, 1.54) is 7.11 Å². The maximum Gasteiger partial charge on any atom is 0.401 e. The summed E-state index contributed by atoms with van der Waals surface area (Å²) in [7, 11) is 3.06. The van der Waals surface area contributed by atoms with Gasteiger partial charge < -0.3 is 14.8 Å². The predicted octanol–water partition coefficient (Wildman–Crippen LogP) is 2.40. The molecule has 0 unspecified atom stereocenters. The highest BCUT2D eigenvalue weighted by atomic mass is 19.4. The molecule has 0 amide bonds. The Hall–Kier alpha value is -1.43. The molecule has 0 aromatic heterocycles. The highest BCUT2D eigenvalue weighted by molar-refractivity contribution is 5.40. The minimum atomic E-state index is -4.18. The van der Waals surface area contributed by atoms with Crippen LogP contribution in [0.5, 0.6) is 11.5 Å². The van der Waals surface area contributed by atoms with Crippen molar-refractivity contribution in [2.75, 3.05) is 27.3 Å². The number of rotatable bonds is 6. The van der Waals surface area contributed by atoms with Gasteiger partial charge in [-0.05, 0) is 24.6 Å². The van der Waals surface area contributed by atoms with Crippen LogP contribution in [0.25, 0.3) is 0 Å². The Morgan fingerprint density at radius 3 is 2.44 bits per heavy atom. The number of alkyl halides is 3. The van der Waals surface area contributed by atoms with E-state index in [4.69, 9.17) is 9.47 Å². The molecule has 0 saturated heterocycles.